The Bertz CT molecular complexity index is 667. The van der Waals surface area contributed by atoms with Crippen LogP contribution < -0.4 is 4.72 Å². The van der Waals surface area contributed by atoms with E-state index in [1.807, 2.05) is 6.92 Å². The number of benzene rings is 1. The van der Waals surface area contributed by atoms with E-state index in [1.54, 1.807) is 24.4 Å². The van der Waals surface area contributed by atoms with E-state index in [0.29, 0.717) is 11.3 Å². The number of rotatable bonds is 4. The minimum absolute atomic E-state index is 0.116. The molecular weight excluding hydrogens is 264 g/mol. The van der Waals surface area contributed by atoms with Crippen LogP contribution in [0.5, 0.6) is 0 Å². The van der Waals surface area contributed by atoms with Crippen LogP contribution >= 0.6 is 0 Å². The smallest absolute Gasteiger partial charge is 0.261 e. The zero-order valence-electron chi connectivity index (χ0n) is 10.4. The molecule has 5 nitrogen and oxygen atoms in total. The SMILES string of the molecule is Cc1cncc(NS(=O)(=O)c2ccc(CO)cc2)c1. The highest BCUT2D eigenvalue weighted by atomic mass is 32.2. The maximum Gasteiger partial charge on any atom is 0.261 e. The van der Waals surface area contributed by atoms with E-state index in [1.165, 1.54) is 18.3 Å². The van der Waals surface area contributed by atoms with Crippen molar-refractivity contribution in [3.63, 3.8) is 0 Å². The fourth-order valence-corrected chi connectivity index (χ4v) is 2.63. The molecule has 100 valence electrons. The molecule has 0 bridgehead atoms. The second-order valence-electron chi connectivity index (χ2n) is 4.16. The van der Waals surface area contributed by atoms with Crippen LogP contribution in [0.4, 0.5) is 5.69 Å². The lowest BCUT2D eigenvalue weighted by Gasteiger charge is -2.08. The molecule has 0 spiro atoms. The summed E-state index contributed by atoms with van der Waals surface area (Å²) in [6.07, 6.45) is 3.10. The van der Waals surface area contributed by atoms with E-state index in [9.17, 15) is 8.42 Å². The number of sulfonamides is 1. The summed E-state index contributed by atoms with van der Waals surface area (Å²) < 4.78 is 26.7. The van der Waals surface area contributed by atoms with Gasteiger partial charge >= 0.3 is 0 Å². The summed E-state index contributed by atoms with van der Waals surface area (Å²) in [6, 6.07) is 7.76. The van der Waals surface area contributed by atoms with Crippen molar-refractivity contribution in [2.45, 2.75) is 18.4 Å². The topological polar surface area (TPSA) is 79.3 Å². The Hall–Kier alpha value is -1.92. The van der Waals surface area contributed by atoms with Gasteiger partial charge in [0, 0.05) is 6.20 Å². The largest absolute Gasteiger partial charge is 0.392 e. The molecule has 6 heteroatoms. The predicted octanol–water partition coefficient (Wildman–Crippen LogP) is 1.68. The van der Waals surface area contributed by atoms with Gasteiger partial charge in [-0.25, -0.2) is 8.42 Å². The molecule has 0 fully saturated rings. The van der Waals surface area contributed by atoms with Crippen molar-refractivity contribution in [2.24, 2.45) is 0 Å². The first-order valence-electron chi connectivity index (χ1n) is 5.65. The Labute approximate surface area is 112 Å². The summed E-state index contributed by atoms with van der Waals surface area (Å²) in [6.45, 7) is 1.72. The van der Waals surface area contributed by atoms with Crippen molar-refractivity contribution in [3.8, 4) is 0 Å². The molecular formula is C13H14N2O3S. The second kappa shape index (κ2) is 5.38. The number of nitrogens with one attached hydrogen (secondary N) is 1. The molecule has 19 heavy (non-hydrogen) atoms. The number of aliphatic hydroxyl groups is 1. The molecule has 2 rings (SSSR count). The number of hydrogen-bond donors (Lipinski definition) is 2. The first-order chi connectivity index (χ1) is 9.01. The summed E-state index contributed by atoms with van der Waals surface area (Å²) in [5.74, 6) is 0. The third-order valence-electron chi connectivity index (χ3n) is 2.54. The highest BCUT2D eigenvalue weighted by Crippen LogP contribution is 2.16. The van der Waals surface area contributed by atoms with Crippen LogP contribution in [0.15, 0.2) is 47.6 Å². The number of pyridine rings is 1. The predicted molar refractivity (Wildman–Crippen MR) is 72.1 cm³/mol. The van der Waals surface area contributed by atoms with Gasteiger partial charge in [-0.2, -0.15) is 0 Å². The van der Waals surface area contributed by atoms with Gasteiger partial charge in [0.25, 0.3) is 10.0 Å². The maximum absolute atomic E-state index is 12.1. The van der Waals surface area contributed by atoms with Gasteiger partial charge in [-0.1, -0.05) is 12.1 Å². The average Bonchev–Trinajstić information content (AvgIpc) is 2.38. The van der Waals surface area contributed by atoms with Gasteiger partial charge in [0.15, 0.2) is 0 Å². The van der Waals surface area contributed by atoms with Crippen LogP contribution in [-0.4, -0.2) is 18.5 Å². The van der Waals surface area contributed by atoms with Crippen molar-refractivity contribution < 1.29 is 13.5 Å². The normalized spacial score (nSPS) is 11.3. The van der Waals surface area contributed by atoms with Gasteiger partial charge in [0.05, 0.1) is 23.4 Å². The summed E-state index contributed by atoms with van der Waals surface area (Å²) in [7, 11) is -3.63. The molecule has 0 aliphatic rings. The van der Waals surface area contributed by atoms with Gasteiger partial charge in [0.1, 0.15) is 0 Å². The van der Waals surface area contributed by atoms with Crippen LogP contribution in [0.3, 0.4) is 0 Å². The summed E-state index contributed by atoms with van der Waals surface area (Å²) in [5.41, 5.74) is 1.96. The van der Waals surface area contributed by atoms with Crippen LogP contribution in [0.2, 0.25) is 0 Å². The van der Waals surface area contributed by atoms with Crippen LogP contribution in [0.1, 0.15) is 11.1 Å². The van der Waals surface area contributed by atoms with E-state index in [0.717, 1.165) is 5.56 Å². The van der Waals surface area contributed by atoms with E-state index in [4.69, 9.17) is 5.11 Å². The van der Waals surface area contributed by atoms with Crippen LogP contribution in [0, 0.1) is 6.92 Å². The highest BCUT2D eigenvalue weighted by Gasteiger charge is 2.14. The number of aromatic nitrogens is 1. The standard InChI is InChI=1S/C13H14N2O3S/c1-10-6-12(8-14-7-10)15-19(17,18)13-4-2-11(9-16)3-5-13/h2-8,15-16H,9H2,1H3. The number of nitrogens with zero attached hydrogens (tertiary/aromatic N) is 1. The summed E-state index contributed by atoms with van der Waals surface area (Å²) in [5, 5.41) is 8.92. The van der Waals surface area contributed by atoms with E-state index >= 15 is 0 Å². The minimum atomic E-state index is -3.63. The number of aryl methyl sites for hydroxylation is 1. The second-order valence-corrected chi connectivity index (χ2v) is 5.84. The van der Waals surface area contributed by atoms with Gasteiger partial charge in [0.2, 0.25) is 0 Å². The Morgan fingerprint density at radius 3 is 2.47 bits per heavy atom. The van der Waals surface area contributed by atoms with Crippen molar-refractivity contribution in [3.05, 3.63) is 53.9 Å². The van der Waals surface area contributed by atoms with E-state index < -0.39 is 10.0 Å². The van der Waals surface area contributed by atoms with Crippen molar-refractivity contribution in [1.82, 2.24) is 4.98 Å². The Morgan fingerprint density at radius 1 is 1.21 bits per heavy atom. The fourth-order valence-electron chi connectivity index (χ4n) is 1.60. The Kier molecular flexibility index (Phi) is 3.82. The van der Waals surface area contributed by atoms with Gasteiger partial charge < -0.3 is 5.11 Å². The first kappa shape index (κ1) is 13.5. The number of aliphatic hydroxyl groups excluding tert-OH is 1. The molecule has 2 N–H and O–H groups in total. The van der Waals surface area contributed by atoms with Crippen LogP contribution in [0.25, 0.3) is 0 Å². The fraction of sp³-hybridized carbons (Fsp3) is 0.154. The van der Waals surface area contributed by atoms with Crippen LogP contribution in [-0.2, 0) is 16.6 Å². The molecule has 0 radical (unpaired) electrons. The lowest BCUT2D eigenvalue weighted by Crippen LogP contribution is -2.13. The van der Waals surface area contributed by atoms with Crippen molar-refractivity contribution >= 4 is 15.7 Å². The first-order valence-corrected chi connectivity index (χ1v) is 7.14. The molecule has 1 heterocycles. The molecule has 0 atom stereocenters. The Balaban J connectivity index is 2.27. The average molecular weight is 278 g/mol. The van der Waals surface area contributed by atoms with E-state index in [-0.39, 0.29) is 11.5 Å². The lowest BCUT2D eigenvalue weighted by atomic mass is 10.2. The number of hydrogen-bond acceptors (Lipinski definition) is 4. The summed E-state index contributed by atoms with van der Waals surface area (Å²) >= 11 is 0. The minimum Gasteiger partial charge on any atom is -0.392 e. The number of anilines is 1. The third-order valence-corrected chi connectivity index (χ3v) is 3.94. The Morgan fingerprint density at radius 2 is 1.89 bits per heavy atom. The van der Waals surface area contributed by atoms with Gasteiger partial charge in [-0.05, 0) is 36.2 Å². The lowest BCUT2D eigenvalue weighted by molar-refractivity contribution is 0.282. The van der Waals surface area contributed by atoms with Crippen molar-refractivity contribution in [1.29, 1.82) is 0 Å². The molecule has 0 amide bonds. The molecule has 1 aromatic carbocycles. The van der Waals surface area contributed by atoms with E-state index in [2.05, 4.69) is 9.71 Å². The molecule has 0 saturated carbocycles. The summed E-state index contributed by atoms with van der Waals surface area (Å²) in [4.78, 5) is 4.07. The molecule has 0 aliphatic heterocycles. The quantitative estimate of drug-likeness (QED) is 0.892. The van der Waals surface area contributed by atoms with Gasteiger partial charge in [-0.15, -0.1) is 0 Å². The molecule has 0 saturated heterocycles. The monoisotopic (exact) mass is 278 g/mol. The molecule has 0 unspecified atom stereocenters. The zero-order valence-corrected chi connectivity index (χ0v) is 11.2. The highest BCUT2D eigenvalue weighted by molar-refractivity contribution is 7.92. The van der Waals surface area contributed by atoms with Gasteiger partial charge in [-0.3, -0.25) is 9.71 Å². The molecule has 2 aromatic rings. The maximum atomic E-state index is 12.1. The molecule has 0 aliphatic carbocycles. The van der Waals surface area contributed by atoms with Crippen molar-refractivity contribution in [2.75, 3.05) is 4.72 Å². The third kappa shape index (κ3) is 3.30. The zero-order chi connectivity index (χ0) is 13.9. The molecule has 1 aromatic heterocycles.